The molecule has 1 atom stereocenters. The third-order valence-corrected chi connectivity index (χ3v) is 4.12. The maximum absolute atomic E-state index is 12.7. The number of ketones is 1. The molecule has 1 aromatic carbocycles. The number of fused-ring (bicyclic) bond motifs is 2. The van der Waals surface area contributed by atoms with Crippen LogP contribution in [0.15, 0.2) is 42.7 Å². The molecule has 0 aliphatic rings. The van der Waals surface area contributed by atoms with Crippen molar-refractivity contribution in [3.63, 3.8) is 0 Å². The Morgan fingerprint density at radius 2 is 2.04 bits per heavy atom. The summed E-state index contributed by atoms with van der Waals surface area (Å²) >= 11 is 0. The van der Waals surface area contributed by atoms with Crippen LogP contribution < -0.4 is 0 Å². The van der Waals surface area contributed by atoms with Crippen LogP contribution in [0.3, 0.4) is 0 Å². The van der Waals surface area contributed by atoms with E-state index < -0.39 is 12.1 Å². The number of Topliss-reactive ketones (excluding diaryl/α,β-unsaturated/α-hetero) is 1. The Labute approximate surface area is 147 Å². The van der Waals surface area contributed by atoms with Crippen molar-refractivity contribution in [3.8, 4) is 0 Å². The normalized spacial score (nSPS) is 12.4. The van der Waals surface area contributed by atoms with Gasteiger partial charge in [-0.25, -0.2) is 14.3 Å². The van der Waals surface area contributed by atoms with Gasteiger partial charge in [-0.05, 0) is 26.0 Å². The van der Waals surface area contributed by atoms with Crippen LogP contribution in [0.1, 0.15) is 33.6 Å². The number of ether oxygens (including phenoxy) is 1. The first-order valence-electron chi connectivity index (χ1n) is 8.04. The van der Waals surface area contributed by atoms with E-state index in [9.17, 15) is 9.59 Å². The van der Waals surface area contributed by atoms with Gasteiger partial charge in [-0.1, -0.05) is 18.2 Å². The lowest BCUT2D eigenvalue weighted by molar-refractivity contribution is 0.0308. The topological polar surface area (TPSA) is 102 Å². The fraction of sp³-hybridized carbons (Fsp3) is 0.167. The third kappa shape index (κ3) is 2.61. The Hall–Kier alpha value is -3.55. The number of nitrogens with zero attached hydrogens (tertiary/aromatic N) is 4. The van der Waals surface area contributed by atoms with E-state index in [4.69, 9.17) is 4.74 Å². The molecule has 0 radical (unpaired) electrons. The molecule has 8 nitrogen and oxygen atoms in total. The van der Waals surface area contributed by atoms with Crippen LogP contribution in [0.25, 0.3) is 16.7 Å². The number of aryl methyl sites for hydroxylation is 1. The summed E-state index contributed by atoms with van der Waals surface area (Å²) in [5.74, 6) is -0.901. The smallest absolute Gasteiger partial charge is 0.379 e. The summed E-state index contributed by atoms with van der Waals surface area (Å²) in [5.41, 5.74) is 2.10. The molecule has 0 amide bonds. The zero-order valence-electron chi connectivity index (χ0n) is 14.1. The van der Waals surface area contributed by atoms with Gasteiger partial charge in [0, 0.05) is 34.6 Å². The summed E-state index contributed by atoms with van der Waals surface area (Å²) in [4.78, 5) is 36.1. The Bertz CT molecular complexity index is 1140. The van der Waals surface area contributed by atoms with Gasteiger partial charge in [0.2, 0.25) is 5.78 Å². The van der Waals surface area contributed by atoms with Crippen molar-refractivity contribution in [2.45, 2.75) is 20.0 Å². The number of benzene rings is 1. The minimum atomic E-state index is -0.970. The molecule has 3 heterocycles. The van der Waals surface area contributed by atoms with Crippen LogP contribution in [0.2, 0.25) is 0 Å². The van der Waals surface area contributed by atoms with Gasteiger partial charge in [0.1, 0.15) is 0 Å². The first-order chi connectivity index (χ1) is 12.5. The number of carbonyl (C=O) groups excluding carboxylic acids is 2. The van der Waals surface area contributed by atoms with E-state index in [1.54, 1.807) is 18.5 Å². The number of hydrogen-bond acceptors (Lipinski definition) is 6. The Morgan fingerprint density at radius 3 is 2.85 bits per heavy atom. The largest absolute Gasteiger partial charge is 0.448 e. The Morgan fingerprint density at radius 1 is 1.23 bits per heavy atom. The summed E-state index contributed by atoms with van der Waals surface area (Å²) in [6, 6.07) is 9.19. The van der Waals surface area contributed by atoms with E-state index in [-0.39, 0.29) is 11.6 Å². The van der Waals surface area contributed by atoms with Crippen molar-refractivity contribution >= 4 is 28.4 Å². The molecule has 0 aliphatic heterocycles. The molecule has 0 bridgehead atoms. The van der Waals surface area contributed by atoms with Gasteiger partial charge in [-0.15, -0.1) is 5.10 Å². The number of hydrogen-bond donors (Lipinski definition) is 1. The van der Waals surface area contributed by atoms with E-state index in [1.807, 2.05) is 31.2 Å². The number of carbonyl (C=O) groups is 2. The molecule has 0 fully saturated rings. The van der Waals surface area contributed by atoms with Crippen molar-refractivity contribution in [1.82, 2.24) is 24.6 Å². The number of aromatic amines is 1. The molecule has 0 unspecified atom stereocenters. The van der Waals surface area contributed by atoms with Gasteiger partial charge in [0.15, 0.2) is 6.10 Å². The SMILES string of the molecule is Cc1ccnc2nc(C(=O)O[C@H](C)C(=O)c3c[nH]c4ccccc34)nn12. The van der Waals surface area contributed by atoms with Crippen molar-refractivity contribution in [2.24, 2.45) is 0 Å². The maximum Gasteiger partial charge on any atom is 0.379 e. The lowest BCUT2D eigenvalue weighted by atomic mass is 10.1. The maximum atomic E-state index is 12.7. The van der Waals surface area contributed by atoms with E-state index >= 15 is 0 Å². The van der Waals surface area contributed by atoms with Crippen LogP contribution in [0.4, 0.5) is 0 Å². The van der Waals surface area contributed by atoms with Crippen molar-refractivity contribution in [1.29, 1.82) is 0 Å². The first kappa shape index (κ1) is 15.9. The molecule has 0 aliphatic carbocycles. The predicted octanol–water partition coefficient (Wildman–Crippen LogP) is 2.34. The minimum absolute atomic E-state index is 0.134. The Balaban J connectivity index is 1.56. The number of H-pyrrole nitrogens is 1. The molecule has 8 heteroatoms. The van der Waals surface area contributed by atoms with Crippen LogP contribution in [-0.2, 0) is 4.74 Å². The lowest BCUT2D eigenvalue weighted by Gasteiger charge is -2.10. The van der Waals surface area contributed by atoms with Crippen LogP contribution in [0, 0.1) is 6.92 Å². The van der Waals surface area contributed by atoms with Crippen LogP contribution >= 0.6 is 0 Å². The summed E-state index contributed by atoms with van der Waals surface area (Å²) in [7, 11) is 0. The van der Waals surface area contributed by atoms with E-state index in [0.717, 1.165) is 16.6 Å². The molecule has 26 heavy (non-hydrogen) atoms. The lowest BCUT2D eigenvalue weighted by Crippen LogP contribution is -2.25. The van der Waals surface area contributed by atoms with Crippen molar-refractivity contribution in [3.05, 3.63) is 59.8 Å². The number of aromatic nitrogens is 5. The number of esters is 1. The van der Waals surface area contributed by atoms with Gasteiger partial charge in [-0.2, -0.15) is 4.98 Å². The van der Waals surface area contributed by atoms with Crippen molar-refractivity contribution < 1.29 is 14.3 Å². The minimum Gasteiger partial charge on any atom is -0.448 e. The van der Waals surface area contributed by atoms with E-state index in [2.05, 4.69) is 20.1 Å². The average Bonchev–Trinajstić information content (AvgIpc) is 3.26. The molecule has 4 aromatic rings. The highest BCUT2D eigenvalue weighted by atomic mass is 16.5. The standard InChI is InChI=1S/C18H15N5O3/c1-10-7-8-19-18-21-16(22-23(10)18)17(25)26-11(2)15(24)13-9-20-14-6-4-3-5-12(13)14/h3-9,11,20H,1-2H3/t11-/m1/s1. The highest BCUT2D eigenvalue weighted by Gasteiger charge is 2.25. The van der Waals surface area contributed by atoms with Gasteiger partial charge in [0.05, 0.1) is 0 Å². The highest BCUT2D eigenvalue weighted by Crippen LogP contribution is 2.20. The number of nitrogens with one attached hydrogen (secondary N) is 1. The molecular weight excluding hydrogens is 334 g/mol. The predicted molar refractivity (Wildman–Crippen MR) is 93.0 cm³/mol. The van der Waals surface area contributed by atoms with Gasteiger partial charge < -0.3 is 9.72 Å². The van der Waals surface area contributed by atoms with Crippen LogP contribution in [0.5, 0.6) is 0 Å². The molecule has 0 spiro atoms. The van der Waals surface area contributed by atoms with E-state index in [1.165, 1.54) is 11.4 Å². The summed E-state index contributed by atoms with van der Waals surface area (Å²) in [6.45, 7) is 3.35. The van der Waals surface area contributed by atoms with Gasteiger partial charge >= 0.3 is 5.97 Å². The second kappa shape index (κ2) is 6.07. The van der Waals surface area contributed by atoms with Crippen molar-refractivity contribution in [2.75, 3.05) is 0 Å². The molecule has 4 rings (SSSR count). The fourth-order valence-corrected chi connectivity index (χ4v) is 2.75. The second-order valence-corrected chi connectivity index (χ2v) is 5.89. The zero-order valence-corrected chi connectivity index (χ0v) is 14.1. The average molecular weight is 349 g/mol. The monoisotopic (exact) mass is 349 g/mol. The van der Waals surface area contributed by atoms with Crippen LogP contribution in [-0.4, -0.2) is 42.4 Å². The summed E-state index contributed by atoms with van der Waals surface area (Å²) < 4.78 is 6.72. The molecule has 3 aromatic heterocycles. The summed E-state index contributed by atoms with van der Waals surface area (Å²) in [5, 5.41) is 4.87. The fourth-order valence-electron chi connectivity index (χ4n) is 2.75. The summed E-state index contributed by atoms with van der Waals surface area (Å²) in [6.07, 6.45) is 2.23. The third-order valence-electron chi connectivity index (χ3n) is 4.12. The highest BCUT2D eigenvalue weighted by molar-refractivity contribution is 6.10. The molecule has 1 N–H and O–H groups in total. The number of para-hydroxylation sites is 1. The Kier molecular flexibility index (Phi) is 3.72. The first-order valence-corrected chi connectivity index (χ1v) is 8.04. The molecule has 130 valence electrons. The molecule has 0 saturated heterocycles. The quantitative estimate of drug-likeness (QED) is 0.448. The second-order valence-electron chi connectivity index (χ2n) is 5.89. The van der Waals surface area contributed by atoms with Gasteiger partial charge in [-0.3, -0.25) is 4.79 Å². The van der Waals surface area contributed by atoms with Gasteiger partial charge in [0.25, 0.3) is 11.6 Å². The number of rotatable bonds is 4. The zero-order chi connectivity index (χ0) is 18.3. The molecular formula is C18H15N5O3. The molecule has 0 saturated carbocycles. The van der Waals surface area contributed by atoms with E-state index in [0.29, 0.717) is 11.3 Å².